The van der Waals surface area contributed by atoms with E-state index in [0.29, 0.717) is 10.6 Å². The highest BCUT2D eigenvalue weighted by atomic mass is 79.9. The zero-order valence-electron chi connectivity index (χ0n) is 6.78. The molecule has 0 saturated heterocycles. The molecule has 0 aliphatic heterocycles. The van der Waals surface area contributed by atoms with Crippen molar-refractivity contribution in [3.63, 3.8) is 0 Å². The van der Waals surface area contributed by atoms with Crippen LogP contribution in [-0.2, 0) is 4.79 Å². The summed E-state index contributed by atoms with van der Waals surface area (Å²) in [5.41, 5.74) is 0. The van der Waals surface area contributed by atoms with Gasteiger partial charge in [0.25, 0.3) is 0 Å². The third-order valence-corrected chi connectivity index (χ3v) is 2.43. The second-order valence-corrected chi connectivity index (χ2v) is 5.01. The Bertz CT molecular complexity index is 113. The van der Waals surface area contributed by atoms with E-state index in [-0.39, 0.29) is 0 Å². The molecule has 0 aromatic rings. The lowest BCUT2D eigenvalue weighted by Gasteiger charge is -2.00. The summed E-state index contributed by atoms with van der Waals surface area (Å²) in [4.78, 5) is 11.5. The van der Waals surface area contributed by atoms with Gasteiger partial charge in [0.15, 0.2) is 0 Å². The van der Waals surface area contributed by atoms with Crippen molar-refractivity contribution in [1.82, 2.24) is 0 Å². The Balaban J connectivity index is 3.23. The van der Waals surface area contributed by atoms with Crippen molar-refractivity contribution in [2.75, 3.05) is 5.33 Å². The van der Waals surface area contributed by atoms with E-state index in [0.717, 1.165) is 31.0 Å². The summed E-state index contributed by atoms with van der Waals surface area (Å²) < 4.78 is 0. The van der Waals surface area contributed by atoms with Crippen molar-refractivity contribution in [3.05, 3.63) is 0 Å². The highest BCUT2D eigenvalue weighted by Crippen LogP contribution is 2.08. The fourth-order valence-electron chi connectivity index (χ4n) is 0.749. The Hall–Kier alpha value is 0.630. The summed E-state index contributed by atoms with van der Waals surface area (Å²) in [6, 6.07) is 0. The van der Waals surface area contributed by atoms with Crippen LogP contribution >= 0.6 is 31.9 Å². The van der Waals surface area contributed by atoms with Gasteiger partial charge in [-0.1, -0.05) is 38.8 Å². The lowest BCUT2D eigenvalue weighted by atomic mass is 10.1. The molecule has 11 heavy (non-hydrogen) atoms. The summed E-state index contributed by atoms with van der Waals surface area (Å²) in [6.45, 7) is 2.07. The number of halogens is 2. The molecule has 3 heteroatoms. The molecule has 0 aromatic heterocycles. The summed E-state index contributed by atoms with van der Waals surface area (Å²) in [6.07, 6.45) is 3.38. The maximum absolute atomic E-state index is 11.1. The smallest absolute Gasteiger partial charge is 0.132 e. The van der Waals surface area contributed by atoms with E-state index in [4.69, 9.17) is 0 Å². The summed E-state index contributed by atoms with van der Waals surface area (Å²) in [5, 5.41) is 0.933. The van der Waals surface area contributed by atoms with Crippen LogP contribution in [0, 0.1) is 0 Å². The molecule has 1 atom stereocenters. The molecule has 0 aromatic carbocycles. The lowest BCUT2D eigenvalue weighted by Crippen LogP contribution is -2.01. The standard InChI is InChI=1S/C8H14Br2O/c1-7(10)4-5-8(11)3-2-6-9/h7H,2-6H2,1H3. The van der Waals surface area contributed by atoms with E-state index in [1.54, 1.807) is 0 Å². The molecule has 0 rings (SSSR count). The Morgan fingerprint density at radius 1 is 1.45 bits per heavy atom. The van der Waals surface area contributed by atoms with Gasteiger partial charge in [-0.25, -0.2) is 0 Å². The molecule has 0 amide bonds. The zero-order valence-corrected chi connectivity index (χ0v) is 9.95. The fourth-order valence-corrected chi connectivity index (χ4v) is 1.26. The van der Waals surface area contributed by atoms with Gasteiger partial charge in [0, 0.05) is 23.0 Å². The van der Waals surface area contributed by atoms with Crippen LogP contribution in [0.5, 0.6) is 0 Å². The third kappa shape index (κ3) is 8.54. The lowest BCUT2D eigenvalue weighted by molar-refractivity contribution is -0.119. The van der Waals surface area contributed by atoms with Crippen LogP contribution < -0.4 is 0 Å². The van der Waals surface area contributed by atoms with Crippen molar-refractivity contribution < 1.29 is 4.79 Å². The maximum atomic E-state index is 11.1. The van der Waals surface area contributed by atoms with Gasteiger partial charge in [0.1, 0.15) is 5.78 Å². The first-order chi connectivity index (χ1) is 5.16. The van der Waals surface area contributed by atoms with Crippen molar-refractivity contribution in [2.24, 2.45) is 0 Å². The maximum Gasteiger partial charge on any atom is 0.132 e. The molecule has 0 spiro atoms. The second kappa shape index (κ2) is 7.29. The van der Waals surface area contributed by atoms with Crippen LogP contribution in [0.1, 0.15) is 32.6 Å². The Morgan fingerprint density at radius 3 is 2.55 bits per heavy atom. The molecule has 0 bridgehead atoms. The summed E-state index contributed by atoms with van der Waals surface area (Å²) in [7, 11) is 0. The van der Waals surface area contributed by atoms with Gasteiger partial charge in [0.05, 0.1) is 0 Å². The number of Topliss-reactive ketones (excluding diaryl/α,β-unsaturated/α-hetero) is 1. The van der Waals surface area contributed by atoms with E-state index in [9.17, 15) is 4.79 Å². The average Bonchev–Trinajstić information content (AvgIpc) is 1.97. The number of rotatable bonds is 6. The number of hydrogen-bond donors (Lipinski definition) is 0. The molecule has 0 saturated carbocycles. The fraction of sp³-hybridized carbons (Fsp3) is 0.875. The summed E-state index contributed by atoms with van der Waals surface area (Å²) >= 11 is 6.71. The van der Waals surface area contributed by atoms with Gasteiger partial charge >= 0.3 is 0 Å². The van der Waals surface area contributed by atoms with Crippen LogP contribution in [0.25, 0.3) is 0 Å². The topological polar surface area (TPSA) is 17.1 Å². The summed E-state index contributed by atoms with van der Waals surface area (Å²) in [5.74, 6) is 0.385. The minimum Gasteiger partial charge on any atom is -0.300 e. The largest absolute Gasteiger partial charge is 0.300 e. The van der Waals surface area contributed by atoms with Gasteiger partial charge < -0.3 is 0 Å². The van der Waals surface area contributed by atoms with Crippen LogP contribution in [0.15, 0.2) is 0 Å². The Morgan fingerprint density at radius 2 is 2.09 bits per heavy atom. The van der Waals surface area contributed by atoms with Gasteiger partial charge in [-0.3, -0.25) is 4.79 Å². The second-order valence-electron chi connectivity index (χ2n) is 2.65. The molecule has 1 unspecified atom stereocenters. The molecule has 0 fully saturated rings. The van der Waals surface area contributed by atoms with Crippen LogP contribution in [0.4, 0.5) is 0 Å². The molecule has 0 radical (unpaired) electrons. The van der Waals surface area contributed by atoms with E-state index in [1.807, 2.05) is 0 Å². The minimum absolute atomic E-state index is 0.385. The first-order valence-electron chi connectivity index (χ1n) is 3.88. The first-order valence-corrected chi connectivity index (χ1v) is 5.92. The van der Waals surface area contributed by atoms with E-state index >= 15 is 0 Å². The highest BCUT2D eigenvalue weighted by Gasteiger charge is 2.03. The molecule has 0 heterocycles. The van der Waals surface area contributed by atoms with Gasteiger partial charge in [-0.05, 0) is 12.8 Å². The van der Waals surface area contributed by atoms with Crippen LogP contribution in [-0.4, -0.2) is 15.9 Å². The molecule has 66 valence electrons. The monoisotopic (exact) mass is 284 g/mol. The Labute approximate surface area is 85.2 Å². The predicted molar refractivity (Wildman–Crippen MR) is 55.7 cm³/mol. The SMILES string of the molecule is CC(Br)CCC(=O)CCCBr. The molecule has 0 N–H and O–H groups in total. The molecule has 1 nitrogen and oxygen atoms in total. The number of ketones is 1. The number of carbonyl (C=O) groups is 1. The zero-order chi connectivity index (χ0) is 8.69. The first kappa shape index (κ1) is 11.6. The number of hydrogen-bond acceptors (Lipinski definition) is 1. The predicted octanol–water partition coefficient (Wildman–Crippen LogP) is 3.29. The highest BCUT2D eigenvalue weighted by molar-refractivity contribution is 9.09. The van der Waals surface area contributed by atoms with Gasteiger partial charge in [0.2, 0.25) is 0 Å². The number of alkyl halides is 2. The number of carbonyl (C=O) groups excluding carboxylic acids is 1. The van der Waals surface area contributed by atoms with Crippen molar-refractivity contribution in [2.45, 2.75) is 37.4 Å². The van der Waals surface area contributed by atoms with Crippen LogP contribution in [0.2, 0.25) is 0 Å². The van der Waals surface area contributed by atoms with E-state index in [2.05, 4.69) is 38.8 Å². The van der Waals surface area contributed by atoms with Gasteiger partial charge in [-0.15, -0.1) is 0 Å². The van der Waals surface area contributed by atoms with Crippen molar-refractivity contribution in [1.29, 1.82) is 0 Å². The molecular formula is C8H14Br2O. The Kier molecular flexibility index (Phi) is 7.71. The van der Waals surface area contributed by atoms with Crippen molar-refractivity contribution >= 4 is 37.6 Å². The quantitative estimate of drug-likeness (QED) is 0.685. The van der Waals surface area contributed by atoms with E-state index < -0.39 is 0 Å². The minimum atomic E-state index is 0.385. The van der Waals surface area contributed by atoms with Crippen LogP contribution in [0.3, 0.4) is 0 Å². The normalized spacial score (nSPS) is 13.0. The van der Waals surface area contributed by atoms with Crippen molar-refractivity contribution in [3.8, 4) is 0 Å². The third-order valence-electron chi connectivity index (χ3n) is 1.41. The van der Waals surface area contributed by atoms with Gasteiger partial charge in [-0.2, -0.15) is 0 Å². The molecular weight excluding hydrogens is 272 g/mol. The average molecular weight is 286 g/mol. The van der Waals surface area contributed by atoms with E-state index in [1.165, 1.54) is 0 Å². The molecule has 0 aliphatic rings. The molecule has 0 aliphatic carbocycles.